The van der Waals surface area contributed by atoms with Crippen LogP contribution in [0.5, 0.6) is 0 Å². The molecule has 0 saturated carbocycles. The van der Waals surface area contributed by atoms with E-state index in [0.29, 0.717) is 6.61 Å². The molecule has 0 spiro atoms. The molecule has 1 N–H and O–H groups in total. The fraction of sp³-hybridized carbons (Fsp3) is 0.450. The van der Waals surface area contributed by atoms with Crippen molar-refractivity contribution in [3.63, 3.8) is 0 Å². The summed E-state index contributed by atoms with van der Waals surface area (Å²) in [5.74, 6) is 0.459. The zero-order valence-corrected chi connectivity index (χ0v) is 17.1. The molecule has 1 heterocycles. The van der Waals surface area contributed by atoms with Gasteiger partial charge in [0.2, 0.25) is 0 Å². The molecule has 0 radical (unpaired) electrons. The van der Waals surface area contributed by atoms with Crippen molar-refractivity contribution in [1.29, 1.82) is 0 Å². The molecule has 148 valence electrons. The van der Waals surface area contributed by atoms with Gasteiger partial charge in [-0.3, -0.25) is 4.99 Å². The predicted molar refractivity (Wildman–Crippen MR) is 112 cm³/mol. The third-order valence-electron chi connectivity index (χ3n) is 4.03. The van der Waals surface area contributed by atoms with E-state index < -0.39 is 0 Å². The van der Waals surface area contributed by atoms with Gasteiger partial charge in [-0.2, -0.15) is 0 Å². The summed E-state index contributed by atoms with van der Waals surface area (Å²) in [4.78, 5) is 4.67. The predicted octanol–water partition coefficient (Wildman–Crippen LogP) is 5.50. The first-order valence-electron chi connectivity index (χ1n) is 8.89. The summed E-state index contributed by atoms with van der Waals surface area (Å²) in [6, 6.07) is 4.97. The van der Waals surface area contributed by atoms with E-state index in [9.17, 15) is 8.78 Å². The van der Waals surface area contributed by atoms with E-state index in [2.05, 4.69) is 10.3 Å². The highest BCUT2D eigenvalue weighted by molar-refractivity contribution is 8.14. The molecule has 1 aliphatic heterocycles. The standard InChI is InChI=1S/C20H25ClF2N2OS/c1-14-3-5-17(23)11-19(14)24-10-8-18-13-27-20(25-18)12-26-15(2)4-6-16(22)7-9-21/h3-7,11,15,18,24H,8-10,12-13H2,1-2H3/b6-4-,16-7+. The second-order valence-corrected chi connectivity index (χ2v) is 7.68. The lowest BCUT2D eigenvalue weighted by atomic mass is 10.2. The highest BCUT2D eigenvalue weighted by Crippen LogP contribution is 2.22. The first-order valence-corrected chi connectivity index (χ1v) is 10.4. The lowest BCUT2D eigenvalue weighted by Gasteiger charge is -2.11. The Balaban J connectivity index is 1.71. The van der Waals surface area contributed by atoms with Gasteiger partial charge in [0.25, 0.3) is 0 Å². The third kappa shape index (κ3) is 8.03. The number of aliphatic imine (C=N–C) groups is 1. The van der Waals surface area contributed by atoms with Crippen molar-refractivity contribution >= 4 is 34.1 Å². The lowest BCUT2D eigenvalue weighted by Crippen LogP contribution is -2.13. The zero-order valence-electron chi connectivity index (χ0n) is 15.6. The normalized spacial score (nSPS) is 18.8. The maximum atomic E-state index is 13.3. The van der Waals surface area contributed by atoms with Gasteiger partial charge in [-0.15, -0.1) is 23.4 Å². The Bertz CT molecular complexity index is 709. The second kappa shape index (κ2) is 11.5. The quantitative estimate of drug-likeness (QED) is 0.405. The molecular weight excluding hydrogens is 390 g/mol. The number of benzene rings is 1. The van der Waals surface area contributed by atoms with Gasteiger partial charge >= 0.3 is 0 Å². The summed E-state index contributed by atoms with van der Waals surface area (Å²) in [7, 11) is 0. The maximum Gasteiger partial charge on any atom is 0.125 e. The van der Waals surface area contributed by atoms with Gasteiger partial charge in [-0.1, -0.05) is 12.1 Å². The molecule has 1 aromatic carbocycles. The Hall–Kier alpha value is -1.37. The number of nitrogens with zero attached hydrogens (tertiary/aromatic N) is 1. The molecular formula is C20H25ClF2N2OS. The van der Waals surface area contributed by atoms with Gasteiger partial charge < -0.3 is 10.1 Å². The van der Waals surface area contributed by atoms with Crippen molar-refractivity contribution < 1.29 is 13.5 Å². The molecule has 0 aliphatic carbocycles. The third-order valence-corrected chi connectivity index (χ3v) is 5.29. The topological polar surface area (TPSA) is 33.6 Å². The van der Waals surface area contributed by atoms with E-state index in [1.807, 2.05) is 13.8 Å². The van der Waals surface area contributed by atoms with Crippen LogP contribution in [0, 0.1) is 12.7 Å². The van der Waals surface area contributed by atoms with Gasteiger partial charge in [0, 0.05) is 23.9 Å². The van der Waals surface area contributed by atoms with Gasteiger partial charge in [0.05, 0.1) is 23.8 Å². The van der Waals surface area contributed by atoms with Crippen LogP contribution in [-0.2, 0) is 4.74 Å². The van der Waals surface area contributed by atoms with Gasteiger partial charge in [0.15, 0.2) is 0 Å². The number of halogens is 3. The monoisotopic (exact) mass is 414 g/mol. The van der Waals surface area contributed by atoms with Crippen molar-refractivity contribution in [2.75, 3.05) is 30.1 Å². The number of hydrogen-bond donors (Lipinski definition) is 1. The fourth-order valence-electron chi connectivity index (χ4n) is 2.48. The number of rotatable bonds is 10. The highest BCUT2D eigenvalue weighted by atomic mass is 35.5. The zero-order chi connectivity index (χ0) is 19.6. The summed E-state index contributed by atoms with van der Waals surface area (Å²) in [5, 5.41) is 4.23. The van der Waals surface area contributed by atoms with E-state index in [0.717, 1.165) is 35.0 Å². The van der Waals surface area contributed by atoms with E-state index in [4.69, 9.17) is 16.3 Å². The maximum absolute atomic E-state index is 13.3. The summed E-state index contributed by atoms with van der Waals surface area (Å²) >= 11 is 7.12. The van der Waals surface area contributed by atoms with Crippen molar-refractivity contribution in [2.45, 2.75) is 32.4 Å². The molecule has 3 nitrogen and oxygen atoms in total. The molecule has 2 atom stereocenters. The van der Waals surface area contributed by atoms with Crippen LogP contribution < -0.4 is 5.32 Å². The average molecular weight is 415 g/mol. The number of allylic oxidation sites excluding steroid dienone is 3. The largest absolute Gasteiger partial charge is 0.385 e. The van der Waals surface area contributed by atoms with Crippen LogP contribution >= 0.6 is 23.4 Å². The van der Waals surface area contributed by atoms with E-state index in [1.165, 1.54) is 24.3 Å². The Labute approximate surface area is 168 Å². The molecule has 2 unspecified atom stereocenters. The smallest absolute Gasteiger partial charge is 0.125 e. The van der Waals surface area contributed by atoms with Crippen LogP contribution in [0.15, 0.2) is 47.2 Å². The highest BCUT2D eigenvalue weighted by Gasteiger charge is 2.18. The molecule has 0 bridgehead atoms. The lowest BCUT2D eigenvalue weighted by molar-refractivity contribution is 0.133. The van der Waals surface area contributed by atoms with Crippen molar-refractivity contribution in [3.05, 3.63) is 53.6 Å². The molecule has 0 saturated heterocycles. The SMILES string of the molecule is Cc1ccc(F)cc1NCCC1CSC(COC(C)/C=C\C(F)=C/CCl)=N1. The van der Waals surface area contributed by atoms with Gasteiger partial charge in [0.1, 0.15) is 11.6 Å². The Kier molecular flexibility index (Phi) is 9.31. The summed E-state index contributed by atoms with van der Waals surface area (Å²) in [6.45, 7) is 4.96. The number of thioether (sulfide) groups is 1. The average Bonchev–Trinajstić information content (AvgIpc) is 3.09. The van der Waals surface area contributed by atoms with Crippen LogP contribution in [0.2, 0.25) is 0 Å². The Morgan fingerprint density at radius 3 is 3.11 bits per heavy atom. The van der Waals surface area contributed by atoms with Gasteiger partial charge in [-0.05, 0) is 50.1 Å². The minimum atomic E-state index is -0.367. The van der Waals surface area contributed by atoms with Gasteiger partial charge in [-0.25, -0.2) is 8.78 Å². The molecule has 1 aliphatic rings. The summed E-state index contributed by atoms with van der Waals surface area (Å²) in [5.41, 5.74) is 1.85. The molecule has 0 fully saturated rings. The van der Waals surface area contributed by atoms with Crippen molar-refractivity contribution in [3.8, 4) is 0 Å². The Morgan fingerprint density at radius 2 is 2.33 bits per heavy atom. The van der Waals surface area contributed by atoms with Crippen LogP contribution in [-0.4, -0.2) is 42.0 Å². The number of ether oxygens (including phenoxy) is 1. The van der Waals surface area contributed by atoms with Crippen LogP contribution in [0.3, 0.4) is 0 Å². The van der Waals surface area contributed by atoms with E-state index in [-0.39, 0.29) is 29.7 Å². The number of nitrogens with one attached hydrogen (secondary N) is 1. The van der Waals surface area contributed by atoms with Crippen LogP contribution in [0.1, 0.15) is 18.9 Å². The summed E-state index contributed by atoms with van der Waals surface area (Å²) < 4.78 is 32.2. The molecule has 2 rings (SSSR count). The fourth-order valence-corrected chi connectivity index (χ4v) is 3.63. The molecule has 0 aromatic heterocycles. The van der Waals surface area contributed by atoms with E-state index >= 15 is 0 Å². The molecule has 0 amide bonds. The molecule has 27 heavy (non-hydrogen) atoms. The number of aryl methyl sites for hydroxylation is 1. The first-order chi connectivity index (χ1) is 13.0. The van der Waals surface area contributed by atoms with Crippen molar-refractivity contribution in [2.24, 2.45) is 4.99 Å². The number of hydrogen-bond acceptors (Lipinski definition) is 4. The summed E-state index contributed by atoms with van der Waals surface area (Å²) in [6.07, 6.45) is 4.97. The number of alkyl halides is 1. The van der Waals surface area contributed by atoms with Crippen molar-refractivity contribution in [1.82, 2.24) is 0 Å². The number of anilines is 1. The first kappa shape index (κ1) is 21.9. The second-order valence-electron chi connectivity index (χ2n) is 6.28. The Morgan fingerprint density at radius 1 is 1.52 bits per heavy atom. The minimum Gasteiger partial charge on any atom is -0.385 e. The van der Waals surface area contributed by atoms with Crippen LogP contribution in [0.4, 0.5) is 14.5 Å². The van der Waals surface area contributed by atoms with Crippen LogP contribution in [0.25, 0.3) is 0 Å². The molecule has 1 aromatic rings. The minimum absolute atomic E-state index is 0.147. The molecule has 7 heteroatoms. The van der Waals surface area contributed by atoms with E-state index in [1.54, 1.807) is 23.9 Å².